The third-order valence-electron chi connectivity index (χ3n) is 3.55. The molecule has 1 atom stereocenters. The van der Waals surface area contributed by atoms with Crippen LogP contribution in [-0.4, -0.2) is 6.54 Å². The van der Waals surface area contributed by atoms with Crippen LogP contribution in [0, 0.1) is 6.92 Å². The molecule has 0 fully saturated rings. The summed E-state index contributed by atoms with van der Waals surface area (Å²) in [6.07, 6.45) is 2.14. The molecular formula is C17H22ClNO. The van der Waals surface area contributed by atoms with Gasteiger partial charge in [-0.15, -0.1) is 0 Å². The molecule has 2 rings (SSSR count). The highest BCUT2D eigenvalue weighted by Gasteiger charge is 2.15. The van der Waals surface area contributed by atoms with Gasteiger partial charge in [-0.25, -0.2) is 0 Å². The van der Waals surface area contributed by atoms with Gasteiger partial charge in [0.15, 0.2) is 0 Å². The molecular weight excluding hydrogens is 270 g/mol. The first kappa shape index (κ1) is 15.1. The molecule has 20 heavy (non-hydrogen) atoms. The maximum atomic E-state index is 6.17. The summed E-state index contributed by atoms with van der Waals surface area (Å²) < 4.78 is 6.03. The molecule has 108 valence electrons. The third kappa shape index (κ3) is 3.25. The highest BCUT2D eigenvalue weighted by Crippen LogP contribution is 2.31. The predicted molar refractivity (Wildman–Crippen MR) is 85.2 cm³/mol. The second-order valence-corrected chi connectivity index (χ2v) is 5.44. The number of hydrogen-bond donors (Lipinski definition) is 1. The second-order valence-electron chi connectivity index (χ2n) is 5.03. The van der Waals surface area contributed by atoms with E-state index in [1.807, 2.05) is 31.2 Å². The number of furan rings is 1. The van der Waals surface area contributed by atoms with Crippen LogP contribution in [0.25, 0.3) is 11.3 Å². The maximum absolute atomic E-state index is 6.17. The van der Waals surface area contributed by atoms with E-state index in [0.717, 1.165) is 47.1 Å². The standard InChI is InChI=1S/C17H22ClNO/c1-4-11-19-15(5-2)17-10-9-16(20-17)13-7-6-8-14(18)12(13)3/h6-10,15,19H,4-5,11H2,1-3H3. The van der Waals surface area contributed by atoms with Gasteiger partial charge in [-0.3, -0.25) is 0 Å². The molecule has 0 spiro atoms. The Hall–Kier alpha value is -1.25. The van der Waals surface area contributed by atoms with E-state index in [1.165, 1.54) is 0 Å². The summed E-state index contributed by atoms with van der Waals surface area (Å²) in [7, 11) is 0. The third-order valence-corrected chi connectivity index (χ3v) is 3.96. The molecule has 0 bridgehead atoms. The van der Waals surface area contributed by atoms with E-state index < -0.39 is 0 Å². The number of benzene rings is 1. The van der Waals surface area contributed by atoms with E-state index >= 15 is 0 Å². The molecule has 1 aromatic heterocycles. The lowest BCUT2D eigenvalue weighted by Crippen LogP contribution is -2.20. The molecule has 0 saturated heterocycles. The topological polar surface area (TPSA) is 25.2 Å². The molecule has 0 aliphatic heterocycles. The maximum Gasteiger partial charge on any atom is 0.134 e. The van der Waals surface area contributed by atoms with Crippen LogP contribution in [-0.2, 0) is 0 Å². The van der Waals surface area contributed by atoms with E-state index in [2.05, 4.69) is 25.2 Å². The average Bonchev–Trinajstić information content (AvgIpc) is 2.92. The van der Waals surface area contributed by atoms with Crippen molar-refractivity contribution in [3.05, 3.63) is 46.7 Å². The highest BCUT2D eigenvalue weighted by molar-refractivity contribution is 6.31. The Labute approximate surface area is 126 Å². The normalized spacial score (nSPS) is 12.6. The van der Waals surface area contributed by atoms with E-state index in [1.54, 1.807) is 0 Å². The molecule has 2 aromatic rings. The minimum absolute atomic E-state index is 0.281. The first-order chi connectivity index (χ1) is 9.67. The van der Waals surface area contributed by atoms with Gasteiger partial charge in [-0.05, 0) is 50.1 Å². The van der Waals surface area contributed by atoms with Gasteiger partial charge in [0, 0.05) is 10.6 Å². The van der Waals surface area contributed by atoms with Crippen molar-refractivity contribution < 1.29 is 4.42 Å². The highest BCUT2D eigenvalue weighted by atomic mass is 35.5. The van der Waals surface area contributed by atoms with Gasteiger partial charge in [0.1, 0.15) is 11.5 Å². The largest absolute Gasteiger partial charge is 0.459 e. The molecule has 0 aliphatic carbocycles. The van der Waals surface area contributed by atoms with E-state index in [0.29, 0.717) is 0 Å². The summed E-state index contributed by atoms with van der Waals surface area (Å²) in [5.74, 6) is 1.88. The summed E-state index contributed by atoms with van der Waals surface area (Å²) in [6, 6.07) is 10.3. The minimum atomic E-state index is 0.281. The van der Waals surface area contributed by atoms with Crippen LogP contribution in [0.2, 0.25) is 5.02 Å². The van der Waals surface area contributed by atoms with Gasteiger partial charge in [-0.2, -0.15) is 0 Å². The molecule has 1 unspecified atom stereocenters. The number of rotatable bonds is 6. The van der Waals surface area contributed by atoms with Gasteiger partial charge in [0.05, 0.1) is 6.04 Å². The van der Waals surface area contributed by atoms with E-state index in [-0.39, 0.29) is 6.04 Å². The van der Waals surface area contributed by atoms with Crippen molar-refractivity contribution in [2.75, 3.05) is 6.54 Å². The van der Waals surface area contributed by atoms with Crippen molar-refractivity contribution in [3.63, 3.8) is 0 Å². The second kappa shape index (κ2) is 6.96. The van der Waals surface area contributed by atoms with Crippen LogP contribution in [0.1, 0.15) is 44.1 Å². The molecule has 0 aliphatic rings. The molecule has 0 radical (unpaired) electrons. The fraction of sp³-hybridized carbons (Fsp3) is 0.412. The quantitative estimate of drug-likeness (QED) is 0.775. The SMILES string of the molecule is CCCNC(CC)c1ccc(-c2cccc(Cl)c2C)o1. The zero-order valence-corrected chi connectivity index (χ0v) is 13.1. The average molecular weight is 292 g/mol. The van der Waals surface area contributed by atoms with Crippen molar-refractivity contribution in [1.29, 1.82) is 0 Å². The van der Waals surface area contributed by atoms with E-state index in [4.69, 9.17) is 16.0 Å². The van der Waals surface area contributed by atoms with Crippen LogP contribution in [0.5, 0.6) is 0 Å². The Bertz CT molecular complexity index is 562. The molecule has 0 amide bonds. The van der Waals surface area contributed by atoms with Crippen LogP contribution in [0.4, 0.5) is 0 Å². The molecule has 1 N–H and O–H groups in total. The molecule has 0 saturated carbocycles. The smallest absolute Gasteiger partial charge is 0.134 e. The lowest BCUT2D eigenvalue weighted by molar-refractivity contribution is 0.411. The molecule has 3 heteroatoms. The monoisotopic (exact) mass is 291 g/mol. The fourth-order valence-corrected chi connectivity index (χ4v) is 2.50. The van der Waals surface area contributed by atoms with Crippen LogP contribution in [0.3, 0.4) is 0 Å². The van der Waals surface area contributed by atoms with Gasteiger partial charge >= 0.3 is 0 Å². The summed E-state index contributed by atoms with van der Waals surface area (Å²) in [5.41, 5.74) is 2.12. The van der Waals surface area contributed by atoms with Crippen LogP contribution >= 0.6 is 11.6 Å². The zero-order chi connectivity index (χ0) is 14.5. The summed E-state index contributed by atoms with van der Waals surface area (Å²) in [5, 5.41) is 4.28. The number of nitrogens with one attached hydrogen (secondary N) is 1. The Morgan fingerprint density at radius 1 is 1.20 bits per heavy atom. The fourth-order valence-electron chi connectivity index (χ4n) is 2.32. The van der Waals surface area contributed by atoms with Crippen LogP contribution < -0.4 is 5.32 Å². The Balaban J connectivity index is 2.26. The van der Waals surface area contributed by atoms with Crippen LogP contribution in [0.15, 0.2) is 34.7 Å². The predicted octanol–water partition coefficient (Wildman–Crippen LogP) is 5.36. The van der Waals surface area contributed by atoms with Crippen molar-refractivity contribution in [3.8, 4) is 11.3 Å². The summed E-state index contributed by atoms with van der Waals surface area (Å²) in [6.45, 7) is 7.36. The van der Waals surface area contributed by atoms with Crippen molar-refractivity contribution in [1.82, 2.24) is 5.32 Å². The number of hydrogen-bond acceptors (Lipinski definition) is 2. The van der Waals surface area contributed by atoms with E-state index in [9.17, 15) is 0 Å². The molecule has 2 nitrogen and oxygen atoms in total. The Morgan fingerprint density at radius 2 is 2.00 bits per heavy atom. The summed E-state index contributed by atoms with van der Waals surface area (Å²) in [4.78, 5) is 0. The van der Waals surface area contributed by atoms with Gasteiger partial charge < -0.3 is 9.73 Å². The zero-order valence-electron chi connectivity index (χ0n) is 12.4. The lowest BCUT2D eigenvalue weighted by Gasteiger charge is -2.13. The molecule has 1 heterocycles. The van der Waals surface area contributed by atoms with Crippen molar-refractivity contribution >= 4 is 11.6 Å². The number of halogens is 1. The summed E-state index contributed by atoms with van der Waals surface area (Å²) >= 11 is 6.17. The first-order valence-electron chi connectivity index (χ1n) is 7.26. The first-order valence-corrected chi connectivity index (χ1v) is 7.63. The van der Waals surface area contributed by atoms with Crippen molar-refractivity contribution in [2.24, 2.45) is 0 Å². The Morgan fingerprint density at radius 3 is 2.70 bits per heavy atom. The van der Waals surface area contributed by atoms with Gasteiger partial charge in [0.25, 0.3) is 0 Å². The lowest BCUT2D eigenvalue weighted by atomic mass is 10.1. The van der Waals surface area contributed by atoms with Gasteiger partial charge in [-0.1, -0.05) is 37.6 Å². The van der Waals surface area contributed by atoms with Crippen molar-refractivity contribution in [2.45, 2.75) is 39.7 Å². The Kier molecular flexibility index (Phi) is 5.27. The molecule has 1 aromatic carbocycles. The van der Waals surface area contributed by atoms with Gasteiger partial charge in [0.2, 0.25) is 0 Å². The minimum Gasteiger partial charge on any atom is -0.459 e.